The monoisotopic (exact) mass is 484 g/mol. The maximum atomic E-state index is 12.8. The second-order valence-corrected chi connectivity index (χ2v) is 7.41. The lowest BCUT2D eigenvalue weighted by Crippen LogP contribution is -2.07. The van der Waals surface area contributed by atoms with Gasteiger partial charge >= 0.3 is 6.18 Å². The van der Waals surface area contributed by atoms with Crippen LogP contribution < -0.4 is 0 Å². The molecule has 2 aromatic rings. The zero-order chi connectivity index (χ0) is 15.6. The fourth-order valence-electron chi connectivity index (χ4n) is 1.94. The summed E-state index contributed by atoms with van der Waals surface area (Å²) in [5, 5.41) is 0. The quantitative estimate of drug-likeness (QED) is 0.413. The normalized spacial score (nSPS) is 13.2. The largest absolute Gasteiger partial charge is 0.416 e. The van der Waals surface area contributed by atoms with Crippen LogP contribution in [0.4, 0.5) is 13.2 Å². The van der Waals surface area contributed by atoms with Crippen LogP contribution in [0.2, 0.25) is 0 Å². The molecular formula is C15H10Br3F3. The van der Waals surface area contributed by atoms with E-state index in [1.54, 1.807) is 0 Å². The number of benzene rings is 2. The van der Waals surface area contributed by atoms with Gasteiger partial charge in [0.2, 0.25) is 0 Å². The van der Waals surface area contributed by atoms with Gasteiger partial charge in [-0.3, -0.25) is 0 Å². The van der Waals surface area contributed by atoms with Crippen LogP contribution in [0.1, 0.15) is 21.5 Å². The van der Waals surface area contributed by atoms with Crippen LogP contribution >= 0.6 is 47.8 Å². The zero-order valence-corrected chi connectivity index (χ0v) is 15.4. The van der Waals surface area contributed by atoms with Gasteiger partial charge in [-0.2, -0.15) is 13.2 Å². The van der Waals surface area contributed by atoms with Crippen LogP contribution in [0.3, 0.4) is 0 Å². The molecule has 0 fully saturated rings. The van der Waals surface area contributed by atoms with E-state index in [9.17, 15) is 13.2 Å². The second kappa shape index (κ2) is 6.84. The fourth-order valence-corrected chi connectivity index (χ4v) is 3.97. The van der Waals surface area contributed by atoms with Crippen LogP contribution in [-0.4, -0.2) is 0 Å². The summed E-state index contributed by atoms with van der Waals surface area (Å²) in [6.07, 6.45) is -3.74. The fraction of sp³-hybridized carbons (Fsp3) is 0.200. The number of halogens is 6. The molecule has 0 bridgehead atoms. The van der Waals surface area contributed by atoms with Gasteiger partial charge in [-0.05, 0) is 47.9 Å². The summed E-state index contributed by atoms with van der Waals surface area (Å²) in [6, 6.07) is 11.4. The summed E-state index contributed by atoms with van der Waals surface area (Å²) >= 11 is 10.2. The van der Waals surface area contributed by atoms with E-state index in [0.717, 1.165) is 16.1 Å². The average Bonchev–Trinajstić information content (AvgIpc) is 2.37. The Labute approximate surface area is 146 Å². The predicted molar refractivity (Wildman–Crippen MR) is 88.7 cm³/mol. The summed E-state index contributed by atoms with van der Waals surface area (Å²) < 4.78 is 40.0. The minimum Gasteiger partial charge on any atom is -0.166 e. The van der Waals surface area contributed by atoms with Gasteiger partial charge in [-0.15, -0.1) is 0 Å². The van der Waals surface area contributed by atoms with Gasteiger partial charge in [0.1, 0.15) is 0 Å². The third kappa shape index (κ3) is 4.57. The van der Waals surface area contributed by atoms with Crippen molar-refractivity contribution >= 4 is 47.8 Å². The summed E-state index contributed by atoms with van der Waals surface area (Å²) in [6.45, 7) is 0. The van der Waals surface area contributed by atoms with E-state index < -0.39 is 11.7 Å². The molecule has 6 heteroatoms. The molecule has 0 aromatic heterocycles. The van der Waals surface area contributed by atoms with E-state index in [1.165, 1.54) is 12.1 Å². The van der Waals surface area contributed by atoms with Crippen molar-refractivity contribution in [2.45, 2.75) is 17.4 Å². The molecule has 0 nitrogen and oxygen atoms in total. The van der Waals surface area contributed by atoms with Crippen LogP contribution in [0.15, 0.2) is 51.4 Å². The third-order valence-electron chi connectivity index (χ3n) is 2.96. The Hall–Kier alpha value is -0.330. The minimum absolute atomic E-state index is 0.205. The molecule has 0 spiro atoms. The number of hydrogen-bond donors (Lipinski definition) is 0. The van der Waals surface area contributed by atoms with Crippen LogP contribution in [0.25, 0.3) is 0 Å². The van der Waals surface area contributed by atoms with Gasteiger partial charge in [-0.25, -0.2) is 0 Å². The van der Waals surface area contributed by atoms with Gasteiger partial charge < -0.3 is 0 Å². The van der Waals surface area contributed by atoms with E-state index in [4.69, 9.17) is 0 Å². The van der Waals surface area contributed by atoms with Gasteiger partial charge in [0.25, 0.3) is 0 Å². The Morgan fingerprint density at radius 3 is 2.33 bits per heavy atom. The zero-order valence-electron chi connectivity index (χ0n) is 10.6. The lowest BCUT2D eigenvalue weighted by molar-refractivity contribution is -0.137. The van der Waals surface area contributed by atoms with Crippen molar-refractivity contribution in [3.63, 3.8) is 0 Å². The molecule has 112 valence electrons. The Balaban J connectivity index is 2.28. The minimum atomic E-state index is -4.34. The first-order valence-electron chi connectivity index (χ1n) is 6.02. The van der Waals surface area contributed by atoms with E-state index in [-0.39, 0.29) is 4.83 Å². The van der Waals surface area contributed by atoms with Crippen molar-refractivity contribution in [3.05, 3.63) is 68.1 Å². The molecule has 1 atom stereocenters. The van der Waals surface area contributed by atoms with Crippen molar-refractivity contribution < 1.29 is 13.2 Å². The highest BCUT2D eigenvalue weighted by Gasteiger charge is 2.31. The van der Waals surface area contributed by atoms with E-state index in [0.29, 0.717) is 16.5 Å². The summed E-state index contributed by atoms with van der Waals surface area (Å²) in [7, 11) is 0. The molecule has 2 rings (SSSR count). The summed E-state index contributed by atoms with van der Waals surface area (Å²) in [5.74, 6) is 0. The molecule has 0 saturated carbocycles. The molecule has 0 radical (unpaired) electrons. The second-order valence-electron chi connectivity index (χ2n) is 4.54. The Kier molecular flexibility index (Phi) is 5.54. The molecule has 0 N–H and O–H groups in total. The predicted octanol–water partition coefficient (Wildman–Crippen LogP) is 6.91. The van der Waals surface area contributed by atoms with Crippen molar-refractivity contribution in [2.24, 2.45) is 0 Å². The Morgan fingerprint density at radius 1 is 1.00 bits per heavy atom. The van der Waals surface area contributed by atoms with E-state index in [2.05, 4.69) is 47.8 Å². The molecule has 21 heavy (non-hydrogen) atoms. The van der Waals surface area contributed by atoms with Crippen LogP contribution in [0.5, 0.6) is 0 Å². The van der Waals surface area contributed by atoms with Crippen molar-refractivity contribution in [3.8, 4) is 0 Å². The lowest BCUT2D eigenvalue weighted by Gasteiger charge is -2.15. The molecule has 0 heterocycles. The SMILES string of the molecule is FC(F)(F)c1ccc(Br)c(C(Br)Cc2cccc(Br)c2)c1. The maximum Gasteiger partial charge on any atom is 0.416 e. The van der Waals surface area contributed by atoms with Crippen LogP contribution in [0, 0.1) is 0 Å². The molecular weight excluding hydrogens is 477 g/mol. The number of hydrogen-bond acceptors (Lipinski definition) is 0. The average molecular weight is 487 g/mol. The molecule has 0 aliphatic heterocycles. The standard InChI is InChI=1S/C15H10Br3F3/c16-11-3-1-2-9(6-11)7-14(18)12-8-10(15(19,20)21)4-5-13(12)17/h1-6,8,14H,7H2. The van der Waals surface area contributed by atoms with Gasteiger partial charge in [-0.1, -0.05) is 59.9 Å². The van der Waals surface area contributed by atoms with Crippen molar-refractivity contribution in [1.82, 2.24) is 0 Å². The molecule has 0 aliphatic rings. The van der Waals surface area contributed by atoms with E-state index in [1.807, 2.05) is 24.3 Å². The number of alkyl halides is 4. The topological polar surface area (TPSA) is 0 Å². The lowest BCUT2D eigenvalue weighted by atomic mass is 10.0. The molecule has 2 aromatic carbocycles. The van der Waals surface area contributed by atoms with E-state index >= 15 is 0 Å². The third-order valence-corrected chi connectivity index (χ3v) is 5.00. The Bertz CT molecular complexity index is 638. The van der Waals surface area contributed by atoms with Crippen molar-refractivity contribution in [2.75, 3.05) is 0 Å². The van der Waals surface area contributed by atoms with Gasteiger partial charge in [0.15, 0.2) is 0 Å². The number of rotatable bonds is 3. The van der Waals surface area contributed by atoms with Crippen LogP contribution in [-0.2, 0) is 12.6 Å². The first kappa shape index (κ1) is 17.0. The highest BCUT2D eigenvalue weighted by Crippen LogP contribution is 2.37. The molecule has 0 amide bonds. The molecule has 0 aliphatic carbocycles. The smallest absolute Gasteiger partial charge is 0.166 e. The first-order chi connectivity index (χ1) is 9.77. The van der Waals surface area contributed by atoms with Gasteiger partial charge in [0, 0.05) is 13.8 Å². The first-order valence-corrected chi connectivity index (χ1v) is 8.52. The molecule has 0 saturated heterocycles. The Morgan fingerprint density at radius 2 is 1.71 bits per heavy atom. The highest BCUT2D eigenvalue weighted by atomic mass is 79.9. The highest BCUT2D eigenvalue weighted by molar-refractivity contribution is 9.11. The van der Waals surface area contributed by atoms with Gasteiger partial charge in [0.05, 0.1) is 5.56 Å². The molecule has 1 unspecified atom stereocenters. The van der Waals surface area contributed by atoms with Crippen molar-refractivity contribution in [1.29, 1.82) is 0 Å². The summed E-state index contributed by atoms with van der Waals surface area (Å²) in [4.78, 5) is -0.205. The maximum absolute atomic E-state index is 12.8. The summed E-state index contributed by atoms with van der Waals surface area (Å²) in [5.41, 5.74) is 0.986.